The molecule has 0 amide bonds. The van der Waals surface area contributed by atoms with Gasteiger partial charge in [-0.1, -0.05) is 13.0 Å². The molecule has 88 valence electrons. The molecule has 1 saturated heterocycles. The zero-order chi connectivity index (χ0) is 11.4. The van der Waals surface area contributed by atoms with Crippen LogP contribution in [0.3, 0.4) is 0 Å². The van der Waals surface area contributed by atoms with Crippen molar-refractivity contribution in [2.45, 2.75) is 32.4 Å². The average molecular weight is 219 g/mol. The van der Waals surface area contributed by atoms with Gasteiger partial charge < -0.3 is 5.32 Å². The second kappa shape index (κ2) is 5.41. The number of nitrogens with zero attached hydrogens (tertiary/aromatic N) is 2. The fraction of sp³-hybridized carbons (Fsp3) is 0.615. The van der Waals surface area contributed by atoms with E-state index in [-0.39, 0.29) is 0 Å². The SMILES string of the molecule is CCCN(C1CNC1)C(C)c1cccnc1. The fourth-order valence-electron chi connectivity index (χ4n) is 2.27. The van der Waals surface area contributed by atoms with E-state index in [4.69, 9.17) is 0 Å². The molecule has 0 aliphatic carbocycles. The van der Waals surface area contributed by atoms with Crippen LogP contribution in [0.4, 0.5) is 0 Å². The third-order valence-electron chi connectivity index (χ3n) is 3.38. The molecule has 1 aromatic heterocycles. The molecule has 16 heavy (non-hydrogen) atoms. The lowest BCUT2D eigenvalue weighted by Crippen LogP contribution is -2.57. The van der Waals surface area contributed by atoms with Gasteiger partial charge >= 0.3 is 0 Å². The minimum atomic E-state index is 0.473. The monoisotopic (exact) mass is 219 g/mol. The van der Waals surface area contributed by atoms with E-state index in [0.717, 1.165) is 13.1 Å². The first-order valence-corrected chi connectivity index (χ1v) is 6.19. The highest BCUT2D eigenvalue weighted by molar-refractivity contribution is 5.14. The van der Waals surface area contributed by atoms with Gasteiger partial charge in [-0.15, -0.1) is 0 Å². The van der Waals surface area contributed by atoms with Crippen LogP contribution >= 0.6 is 0 Å². The maximum Gasteiger partial charge on any atom is 0.0351 e. The largest absolute Gasteiger partial charge is 0.314 e. The van der Waals surface area contributed by atoms with Crippen LogP contribution in [0.15, 0.2) is 24.5 Å². The zero-order valence-corrected chi connectivity index (χ0v) is 10.2. The molecule has 1 aliphatic rings. The highest BCUT2D eigenvalue weighted by atomic mass is 15.2. The van der Waals surface area contributed by atoms with Gasteiger partial charge in [-0.05, 0) is 31.5 Å². The van der Waals surface area contributed by atoms with Crippen LogP contribution in [0.2, 0.25) is 0 Å². The maximum absolute atomic E-state index is 4.21. The Balaban J connectivity index is 2.07. The molecule has 0 saturated carbocycles. The molecule has 0 bridgehead atoms. The van der Waals surface area contributed by atoms with Crippen LogP contribution < -0.4 is 5.32 Å². The van der Waals surface area contributed by atoms with Crippen molar-refractivity contribution in [2.24, 2.45) is 0 Å². The molecule has 1 N–H and O–H groups in total. The highest BCUT2D eigenvalue weighted by Crippen LogP contribution is 2.23. The lowest BCUT2D eigenvalue weighted by atomic mass is 10.0. The first-order valence-electron chi connectivity index (χ1n) is 6.19. The van der Waals surface area contributed by atoms with E-state index in [1.165, 1.54) is 18.5 Å². The summed E-state index contributed by atoms with van der Waals surface area (Å²) in [4.78, 5) is 6.80. The Morgan fingerprint density at radius 1 is 1.56 bits per heavy atom. The topological polar surface area (TPSA) is 28.2 Å². The maximum atomic E-state index is 4.21. The number of hydrogen-bond acceptors (Lipinski definition) is 3. The lowest BCUT2D eigenvalue weighted by molar-refractivity contribution is 0.103. The second-order valence-corrected chi connectivity index (χ2v) is 4.51. The van der Waals surface area contributed by atoms with E-state index in [1.54, 1.807) is 0 Å². The lowest BCUT2D eigenvalue weighted by Gasteiger charge is -2.41. The van der Waals surface area contributed by atoms with E-state index in [2.05, 4.69) is 35.1 Å². The molecule has 1 fully saturated rings. The predicted molar refractivity (Wildman–Crippen MR) is 66.3 cm³/mol. The average Bonchev–Trinajstić information content (AvgIpc) is 2.26. The van der Waals surface area contributed by atoms with Gasteiger partial charge in [0.2, 0.25) is 0 Å². The van der Waals surface area contributed by atoms with Crippen molar-refractivity contribution in [2.75, 3.05) is 19.6 Å². The summed E-state index contributed by atoms with van der Waals surface area (Å²) < 4.78 is 0. The van der Waals surface area contributed by atoms with Gasteiger partial charge in [-0.3, -0.25) is 9.88 Å². The molecule has 1 aliphatic heterocycles. The number of hydrogen-bond donors (Lipinski definition) is 1. The Kier molecular flexibility index (Phi) is 3.91. The standard InChI is InChI=1S/C13H21N3/c1-3-7-16(13-9-15-10-13)11(2)12-5-4-6-14-8-12/h4-6,8,11,13,15H,3,7,9-10H2,1-2H3. The normalized spacial score (nSPS) is 18.4. The van der Waals surface area contributed by atoms with Gasteiger partial charge in [0.1, 0.15) is 0 Å². The molecule has 0 radical (unpaired) electrons. The summed E-state index contributed by atoms with van der Waals surface area (Å²) in [5.41, 5.74) is 1.32. The zero-order valence-electron chi connectivity index (χ0n) is 10.2. The quantitative estimate of drug-likeness (QED) is 0.819. The minimum absolute atomic E-state index is 0.473. The predicted octanol–water partition coefficient (Wildman–Crippen LogP) is 1.83. The van der Waals surface area contributed by atoms with Gasteiger partial charge in [0, 0.05) is 37.6 Å². The molecule has 3 heteroatoms. The van der Waals surface area contributed by atoms with Crippen molar-refractivity contribution in [1.29, 1.82) is 0 Å². The molecule has 1 atom stereocenters. The molecule has 3 nitrogen and oxygen atoms in total. The summed E-state index contributed by atoms with van der Waals surface area (Å²) in [5, 5.41) is 3.35. The first-order chi connectivity index (χ1) is 7.83. The third kappa shape index (κ3) is 2.42. The van der Waals surface area contributed by atoms with Crippen LogP contribution in [-0.2, 0) is 0 Å². The molecular formula is C13H21N3. The van der Waals surface area contributed by atoms with E-state index in [9.17, 15) is 0 Å². The van der Waals surface area contributed by atoms with Crippen LogP contribution in [0, 0.1) is 0 Å². The van der Waals surface area contributed by atoms with Gasteiger partial charge in [-0.2, -0.15) is 0 Å². The van der Waals surface area contributed by atoms with Crippen molar-refractivity contribution in [1.82, 2.24) is 15.2 Å². The fourth-order valence-corrected chi connectivity index (χ4v) is 2.27. The molecule has 1 aromatic rings. The summed E-state index contributed by atoms with van der Waals surface area (Å²) in [6.07, 6.45) is 5.03. The highest BCUT2D eigenvalue weighted by Gasteiger charge is 2.28. The van der Waals surface area contributed by atoms with Gasteiger partial charge in [-0.25, -0.2) is 0 Å². The van der Waals surface area contributed by atoms with E-state index in [1.807, 2.05) is 18.5 Å². The third-order valence-corrected chi connectivity index (χ3v) is 3.38. The summed E-state index contributed by atoms with van der Waals surface area (Å²) >= 11 is 0. The van der Waals surface area contributed by atoms with Gasteiger partial charge in [0.05, 0.1) is 0 Å². The van der Waals surface area contributed by atoms with Crippen molar-refractivity contribution in [3.05, 3.63) is 30.1 Å². The van der Waals surface area contributed by atoms with E-state index < -0.39 is 0 Å². The summed E-state index contributed by atoms with van der Waals surface area (Å²) in [5.74, 6) is 0. The number of aromatic nitrogens is 1. The Bertz CT molecular complexity index is 308. The number of rotatable bonds is 5. The molecule has 1 unspecified atom stereocenters. The molecule has 0 aromatic carbocycles. The molecule has 2 heterocycles. The minimum Gasteiger partial charge on any atom is -0.314 e. The Labute approximate surface area is 97.9 Å². The summed E-state index contributed by atoms with van der Waals surface area (Å²) in [6.45, 7) is 7.96. The van der Waals surface area contributed by atoms with E-state index in [0.29, 0.717) is 12.1 Å². The van der Waals surface area contributed by atoms with Gasteiger partial charge in [0.25, 0.3) is 0 Å². The van der Waals surface area contributed by atoms with Gasteiger partial charge in [0.15, 0.2) is 0 Å². The smallest absolute Gasteiger partial charge is 0.0351 e. The Morgan fingerprint density at radius 2 is 2.38 bits per heavy atom. The summed E-state index contributed by atoms with van der Waals surface area (Å²) in [7, 11) is 0. The van der Waals surface area contributed by atoms with Crippen molar-refractivity contribution in [3.8, 4) is 0 Å². The van der Waals surface area contributed by atoms with Crippen LogP contribution in [0.1, 0.15) is 31.9 Å². The van der Waals surface area contributed by atoms with Crippen molar-refractivity contribution in [3.63, 3.8) is 0 Å². The van der Waals surface area contributed by atoms with Crippen molar-refractivity contribution >= 4 is 0 Å². The van der Waals surface area contributed by atoms with Crippen LogP contribution in [0.5, 0.6) is 0 Å². The number of nitrogens with one attached hydrogen (secondary N) is 1. The first kappa shape index (κ1) is 11.6. The van der Waals surface area contributed by atoms with Crippen molar-refractivity contribution < 1.29 is 0 Å². The summed E-state index contributed by atoms with van der Waals surface area (Å²) in [6, 6.07) is 5.37. The van der Waals surface area contributed by atoms with Crippen LogP contribution in [-0.4, -0.2) is 35.6 Å². The molecule has 2 rings (SSSR count). The van der Waals surface area contributed by atoms with Crippen LogP contribution in [0.25, 0.3) is 0 Å². The Hall–Kier alpha value is -0.930. The second-order valence-electron chi connectivity index (χ2n) is 4.51. The number of pyridine rings is 1. The Morgan fingerprint density at radius 3 is 2.88 bits per heavy atom. The molecule has 0 spiro atoms. The molecular weight excluding hydrogens is 198 g/mol. The van der Waals surface area contributed by atoms with E-state index >= 15 is 0 Å².